The van der Waals surface area contributed by atoms with Crippen molar-refractivity contribution in [1.29, 1.82) is 0 Å². The fraction of sp³-hybridized carbons (Fsp3) is 0.625. The number of nitrogens with one attached hydrogen (secondary N) is 1. The Kier molecular flexibility index (Phi) is 4.41. The van der Waals surface area contributed by atoms with Gasteiger partial charge in [0.2, 0.25) is 0 Å². The van der Waals surface area contributed by atoms with Gasteiger partial charge in [0, 0.05) is 25.2 Å². The van der Waals surface area contributed by atoms with Crippen molar-refractivity contribution in [3.63, 3.8) is 0 Å². The number of piperidine rings is 1. The highest BCUT2D eigenvalue weighted by atomic mass is 15.2. The Hall–Kier alpha value is -0.860. The van der Waals surface area contributed by atoms with Gasteiger partial charge >= 0.3 is 0 Å². The Morgan fingerprint density at radius 3 is 2.67 bits per heavy atom. The van der Waals surface area contributed by atoms with Crippen LogP contribution in [-0.4, -0.2) is 31.1 Å². The molecule has 1 aliphatic heterocycles. The summed E-state index contributed by atoms with van der Waals surface area (Å²) in [5, 5.41) is 3.44. The van der Waals surface area contributed by atoms with Crippen molar-refractivity contribution in [2.75, 3.05) is 20.1 Å². The Labute approximate surface area is 111 Å². The van der Waals surface area contributed by atoms with Gasteiger partial charge in [-0.05, 0) is 44.4 Å². The Morgan fingerprint density at radius 1 is 1.33 bits per heavy atom. The standard InChI is InChI=1S/C16H26N2/c1-12-7-5-6-8-15(12)14(3)18-10-9-16(17-4)13(2)11-18/h5-8,13-14,16-17H,9-11H2,1-4H3. The molecule has 0 bridgehead atoms. The second-order valence-corrected chi connectivity index (χ2v) is 5.69. The van der Waals surface area contributed by atoms with Crippen LogP contribution in [0.4, 0.5) is 0 Å². The van der Waals surface area contributed by atoms with E-state index in [2.05, 4.69) is 62.3 Å². The van der Waals surface area contributed by atoms with Crippen molar-refractivity contribution in [1.82, 2.24) is 10.2 Å². The van der Waals surface area contributed by atoms with Gasteiger partial charge in [-0.25, -0.2) is 0 Å². The molecule has 1 aromatic carbocycles. The smallest absolute Gasteiger partial charge is 0.0322 e. The SMILES string of the molecule is CNC1CCN(C(C)c2ccccc2C)CC1C. The number of aryl methyl sites for hydroxylation is 1. The largest absolute Gasteiger partial charge is 0.317 e. The van der Waals surface area contributed by atoms with Gasteiger partial charge in [-0.15, -0.1) is 0 Å². The van der Waals surface area contributed by atoms with Crippen LogP contribution in [-0.2, 0) is 0 Å². The van der Waals surface area contributed by atoms with E-state index in [-0.39, 0.29) is 0 Å². The van der Waals surface area contributed by atoms with Crippen molar-refractivity contribution in [2.45, 2.75) is 39.3 Å². The Morgan fingerprint density at radius 2 is 2.06 bits per heavy atom. The van der Waals surface area contributed by atoms with Crippen LogP contribution in [0.3, 0.4) is 0 Å². The lowest BCUT2D eigenvalue weighted by molar-refractivity contribution is 0.114. The molecule has 18 heavy (non-hydrogen) atoms. The number of hydrogen-bond acceptors (Lipinski definition) is 2. The van der Waals surface area contributed by atoms with E-state index in [1.165, 1.54) is 30.6 Å². The minimum absolute atomic E-state index is 0.534. The number of rotatable bonds is 3. The number of hydrogen-bond donors (Lipinski definition) is 1. The van der Waals surface area contributed by atoms with E-state index >= 15 is 0 Å². The van der Waals surface area contributed by atoms with Gasteiger partial charge in [-0.3, -0.25) is 4.90 Å². The molecule has 1 aliphatic rings. The third kappa shape index (κ3) is 2.76. The molecule has 1 N–H and O–H groups in total. The van der Waals surface area contributed by atoms with Crippen molar-refractivity contribution >= 4 is 0 Å². The highest BCUT2D eigenvalue weighted by molar-refractivity contribution is 5.28. The maximum atomic E-state index is 3.44. The van der Waals surface area contributed by atoms with Gasteiger partial charge in [-0.1, -0.05) is 31.2 Å². The molecule has 2 rings (SSSR count). The van der Waals surface area contributed by atoms with Gasteiger partial charge < -0.3 is 5.32 Å². The molecule has 0 radical (unpaired) electrons. The summed E-state index contributed by atoms with van der Waals surface area (Å²) in [7, 11) is 2.08. The predicted molar refractivity (Wildman–Crippen MR) is 77.8 cm³/mol. The molecule has 0 aromatic heterocycles. The summed E-state index contributed by atoms with van der Waals surface area (Å²) in [5.41, 5.74) is 2.89. The first-order chi connectivity index (χ1) is 8.63. The fourth-order valence-corrected chi connectivity index (χ4v) is 3.21. The van der Waals surface area contributed by atoms with Crippen LogP contribution in [0.5, 0.6) is 0 Å². The van der Waals surface area contributed by atoms with Crippen LogP contribution in [0.25, 0.3) is 0 Å². The summed E-state index contributed by atoms with van der Waals surface area (Å²) in [4.78, 5) is 2.63. The molecular formula is C16H26N2. The van der Waals surface area contributed by atoms with Crippen molar-refractivity contribution < 1.29 is 0 Å². The molecule has 2 nitrogen and oxygen atoms in total. The van der Waals surface area contributed by atoms with Crippen LogP contribution >= 0.6 is 0 Å². The summed E-state index contributed by atoms with van der Waals surface area (Å²) in [6, 6.07) is 9.99. The summed E-state index contributed by atoms with van der Waals surface area (Å²) < 4.78 is 0. The first kappa shape index (κ1) is 13.6. The van der Waals surface area contributed by atoms with E-state index in [4.69, 9.17) is 0 Å². The van der Waals surface area contributed by atoms with E-state index in [0.717, 1.165) is 5.92 Å². The molecule has 1 saturated heterocycles. The minimum atomic E-state index is 0.534. The maximum Gasteiger partial charge on any atom is 0.0322 e. The van der Waals surface area contributed by atoms with Gasteiger partial charge in [0.1, 0.15) is 0 Å². The molecule has 1 fully saturated rings. The average molecular weight is 246 g/mol. The van der Waals surface area contributed by atoms with E-state index in [1.54, 1.807) is 0 Å². The fourth-order valence-electron chi connectivity index (χ4n) is 3.21. The zero-order valence-electron chi connectivity index (χ0n) is 12.1. The topological polar surface area (TPSA) is 15.3 Å². The van der Waals surface area contributed by atoms with Gasteiger partial charge in [0.25, 0.3) is 0 Å². The number of likely N-dealkylation sites (tertiary alicyclic amines) is 1. The summed E-state index contributed by atoms with van der Waals surface area (Å²) in [6.45, 7) is 9.31. The Balaban J connectivity index is 2.07. The molecule has 0 amide bonds. The molecule has 0 aliphatic carbocycles. The van der Waals surface area contributed by atoms with Crippen molar-refractivity contribution in [2.24, 2.45) is 5.92 Å². The van der Waals surface area contributed by atoms with Crippen molar-refractivity contribution in [3.8, 4) is 0 Å². The van der Waals surface area contributed by atoms with Crippen LogP contribution in [0.2, 0.25) is 0 Å². The molecule has 3 unspecified atom stereocenters. The van der Waals surface area contributed by atoms with E-state index in [1.807, 2.05) is 0 Å². The third-order valence-electron chi connectivity index (χ3n) is 4.49. The van der Waals surface area contributed by atoms with Crippen molar-refractivity contribution in [3.05, 3.63) is 35.4 Å². The highest BCUT2D eigenvalue weighted by Gasteiger charge is 2.28. The van der Waals surface area contributed by atoms with E-state index in [0.29, 0.717) is 12.1 Å². The lowest BCUT2D eigenvalue weighted by atomic mass is 9.91. The van der Waals surface area contributed by atoms with E-state index in [9.17, 15) is 0 Å². The molecule has 0 saturated carbocycles. The molecule has 0 spiro atoms. The summed E-state index contributed by atoms with van der Waals surface area (Å²) in [6.07, 6.45) is 1.26. The summed E-state index contributed by atoms with van der Waals surface area (Å²) in [5.74, 6) is 0.732. The molecule has 1 heterocycles. The number of benzene rings is 1. The average Bonchev–Trinajstić information content (AvgIpc) is 2.38. The van der Waals surface area contributed by atoms with Gasteiger partial charge in [0.05, 0.1) is 0 Å². The van der Waals surface area contributed by atoms with Crippen LogP contribution in [0.15, 0.2) is 24.3 Å². The second kappa shape index (κ2) is 5.85. The molecule has 100 valence electrons. The van der Waals surface area contributed by atoms with E-state index < -0.39 is 0 Å². The van der Waals surface area contributed by atoms with Crippen LogP contribution < -0.4 is 5.32 Å². The quantitative estimate of drug-likeness (QED) is 0.882. The minimum Gasteiger partial charge on any atom is -0.317 e. The predicted octanol–water partition coefficient (Wildman–Crippen LogP) is 2.99. The third-order valence-corrected chi connectivity index (χ3v) is 4.49. The Bertz CT molecular complexity index is 388. The lowest BCUT2D eigenvalue weighted by Gasteiger charge is -2.40. The molecule has 1 aromatic rings. The van der Waals surface area contributed by atoms with Crippen LogP contribution in [0, 0.1) is 12.8 Å². The maximum absolute atomic E-state index is 3.44. The van der Waals surface area contributed by atoms with Gasteiger partial charge in [-0.2, -0.15) is 0 Å². The molecule has 2 heteroatoms. The lowest BCUT2D eigenvalue weighted by Crippen LogP contribution is -2.47. The molecule has 3 atom stereocenters. The summed E-state index contributed by atoms with van der Waals surface area (Å²) >= 11 is 0. The zero-order chi connectivity index (χ0) is 13.1. The highest BCUT2D eigenvalue weighted by Crippen LogP contribution is 2.28. The second-order valence-electron chi connectivity index (χ2n) is 5.69. The zero-order valence-corrected chi connectivity index (χ0v) is 12.1. The molecular weight excluding hydrogens is 220 g/mol. The first-order valence-corrected chi connectivity index (χ1v) is 7.10. The first-order valence-electron chi connectivity index (χ1n) is 7.10. The van der Waals surface area contributed by atoms with Gasteiger partial charge in [0.15, 0.2) is 0 Å². The van der Waals surface area contributed by atoms with Crippen LogP contribution in [0.1, 0.15) is 37.4 Å². The number of nitrogens with zero attached hydrogens (tertiary/aromatic N) is 1. The monoisotopic (exact) mass is 246 g/mol. The normalized spacial score (nSPS) is 27.1.